The van der Waals surface area contributed by atoms with Gasteiger partial charge in [-0.2, -0.15) is 0 Å². The Balaban J connectivity index is 0.000000392. The van der Waals surface area contributed by atoms with E-state index in [1.54, 1.807) is 6.92 Å². The molecule has 0 aromatic heterocycles. The molecule has 0 spiro atoms. The monoisotopic (exact) mass is 932 g/mol. The van der Waals surface area contributed by atoms with E-state index < -0.39 is 144 Å². The van der Waals surface area contributed by atoms with Gasteiger partial charge in [0, 0.05) is 0 Å². The summed E-state index contributed by atoms with van der Waals surface area (Å²) in [5, 5.41) is 0. The molecule has 6 aromatic rings. The summed E-state index contributed by atoms with van der Waals surface area (Å²) in [6.45, 7) is 11.6. The van der Waals surface area contributed by atoms with Crippen LogP contribution < -0.4 is 21.9 Å². The molecule has 64 heavy (non-hydrogen) atoms. The molecule has 0 bridgehead atoms. The minimum atomic E-state index is -7.22. The molecule has 6 rings (SSSR count). The zero-order chi connectivity index (χ0) is 48.6. The minimum absolute atomic E-state index is 0.614. The van der Waals surface area contributed by atoms with Gasteiger partial charge in [-0.15, -0.1) is 21.9 Å². The van der Waals surface area contributed by atoms with Gasteiger partial charge in [0.1, 0.15) is 52.7 Å². The van der Waals surface area contributed by atoms with E-state index in [1.165, 1.54) is 22.3 Å². The van der Waals surface area contributed by atoms with Crippen LogP contribution in [-0.4, -0.2) is 6.15 Å². The molecule has 0 aliphatic rings. The molecule has 0 N–H and O–H groups in total. The Kier molecular flexibility index (Phi) is 15.2. The number of hydrogen-bond acceptors (Lipinski definition) is 0. The summed E-state index contributed by atoms with van der Waals surface area (Å²) in [5.74, 6) is -70.8. The van der Waals surface area contributed by atoms with Gasteiger partial charge in [0.05, 0.1) is 13.8 Å². The largest absolute Gasteiger partial charge is 0.207 e. The van der Waals surface area contributed by atoms with Crippen LogP contribution >= 0.6 is 0 Å². The number of benzene rings is 6. The summed E-state index contributed by atoms with van der Waals surface area (Å²) in [5.41, 5.74) is -8.82. The molecule has 6 aromatic carbocycles. The van der Waals surface area contributed by atoms with Crippen molar-refractivity contribution in [2.75, 3.05) is 0 Å². The minimum Gasteiger partial charge on any atom is -0.207 e. The van der Waals surface area contributed by atoms with E-state index in [1.807, 2.05) is 0 Å². The number of hydrogen-bond donors (Lipinski definition) is 0. The molecule has 0 saturated carbocycles. The summed E-state index contributed by atoms with van der Waals surface area (Å²) in [6, 6.07) is 17.8. The van der Waals surface area contributed by atoms with Crippen molar-refractivity contribution in [1.29, 1.82) is 0 Å². The van der Waals surface area contributed by atoms with Gasteiger partial charge in [0.15, 0.2) is 69.8 Å². The first-order valence-electron chi connectivity index (χ1n) is 17.9. The van der Waals surface area contributed by atoms with E-state index in [-0.39, 0.29) is 0 Å². The summed E-state index contributed by atoms with van der Waals surface area (Å²) in [7, 11) is 0. The third-order valence-corrected chi connectivity index (χ3v) is 9.88. The van der Waals surface area contributed by atoms with Crippen molar-refractivity contribution >= 4 is 28.0 Å². The van der Waals surface area contributed by atoms with Crippen LogP contribution in [0.3, 0.4) is 0 Å². The topological polar surface area (TPSA) is 0 Å². The maximum Gasteiger partial charge on any atom is 0.200 e. The van der Waals surface area contributed by atoms with Gasteiger partial charge in [-0.05, 0) is 36.0 Å². The van der Waals surface area contributed by atoms with Crippen molar-refractivity contribution in [2.24, 2.45) is 0 Å². The lowest BCUT2D eigenvalue weighted by molar-refractivity contribution is 0.378. The molecule has 21 heteroatoms. The highest BCUT2D eigenvalue weighted by atomic mass is 19.2. The van der Waals surface area contributed by atoms with E-state index in [0.717, 1.165) is 6.42 Å². The highest BCUT2D eigenvalue weighted by Gasteiger charge is 2.52. The maximum absolute atomic E-state index is 15.4. The molecular formula is C43H25BF20. The first kappa shape index (κ1) is 50.5. The van der Waals surface area contributed by atoms with Crippen molar-refractivity contribution in [1.82, 2.24) is 0 Å². The quantitative estimate of drug-likeness (QED) is 0.0492. The van der Waals surface area contributed by atoms with Crippen molar-refractivity contribution in [3.05, 3.63) is 194 Å². The molecule has 0 fully saturated rings. The standard InChI is InChI=1S/C24BF20.C17H20.C2H5/c26-5-1(6(27)14(35)21(42)13(5)34)25(2-7(28)15(36)22(43)16(37)8(2)29,3-9(30)17(38)23(44)18(39)10(3)31)4-11(32)19(40)24(45)20(41)12(4)33;1-13(2)17-10-8-16(9-11-17)12-15-6-4-14(3)5-7-15;1-2/h;4-11,13H,12H2,1-3H3;1H2,2H3/q-1;;+1. The Labute approximate surface area is 349 Å². The predicted octanol–water partition coefficient (Wildman–Crippen LogP) is 11.4. The zero-order valence-electron chi connectivity index (χ0n) is 32.7. The number of halogens is 20. The highest BCUT2D eigenvalue weighted by molar-refractivity contribution is 7.20. The summed E-state index contributed by atoms with van der Waals surface area (Å²) < 4.78 is 294. The third kappa shape index (κ3) is 8.35. The van der Waals surface area contributed by atoms with E-state index in [4.69, 9.17) is 0 Å². The smallest absolute Gasteiger partial charge is 0.200 e. The van der Waals surface area contributed by atoms with Gasteiger partial charge in [0.2, 0.25) is 0 Å². The fourth-order valence-electron chi connectivity index (χ4n) is 6.84. The van der Waals surface area contributed by atoms with Gasteiger partial charge < -0.3 is 0 Å². The number of rotatable bonds is 7. The lowest BCUT2D eigenvalue weighted by Gasteiger charge is -2.44. The second-order valence-electron chi connectivity index (χ2n) is 13.9. The molecule has 0 nitrogen and oxygen atoms in total. The van der Waals surface area contributed by atoms with Crippen molar-refractivity contribution < 1.29 is 87.8 Å². The van der Waals surface area contributed by atoms with Crippen LogP contribution in [0.15, 0.2) is 48.5 Å². The lowest BCUT2D eigenvalue weighted by Crippen LogP contribution is -2.81. The first-order valence-corrected chi connectivity index (χ1v) is 17.9. The van der Waals surface area contributed by atoms with Gasteiger partial charge in [-0.25, -0.2) is 87.8 Å². The summed E-state index contributed by atoms with van der Waals surface area (Å²) in [6.07, 6.45) is -6.19. The van der Waals surface area contributed by atoms with Crippen molar-refractivity contribution in [3.63, 3.8) is 0 Å². The van der Waals surface area contributed by atoms with Gasteiger partial charge in [-0.1, -0.05) is 67.9 Å². The van der Waals surface area contributed by atoms with Crippen LogP contribution in [0.1, 0.15) is 48.9 Å². The highest BCUT2D eigenvalue weighted by Crippen LogP contribution is 2.31. The lowest BCUT2D eigenvalue weighted by atomic mass is 9.12. The van der Waals surface area contributed by atoms with Crippen LogP contribution in [0.2, 0.25) is 0 Å². The molecule has 0 radical (unpaired) electrons. The van der Waals surface area contributed by atoms with Gasteiger partial charge >= 0.3 is 0 Å². The Morgan fingerprint density at radius 1 is 0.328 bits per heavy atom. The molecule has 340 valence electrons. The normalized spacial score (nSPS) is 11.4. The second-order valence-corrected chi connectivity index (χ2v) is 13.9. The molecular weight excluding hydrogens is 907 g/mol. The van der Waals surface area contributed by atoms with E-state index >= 15 is 35.1 Å². The SMILES string of the molecule is Cc1ccc(Cc2ccc(C(C)C)cc2)cc1.Fc1c(F)c(F)c([B-](c2c(F)c(F)c(F)c(F)c2F)(c2c(F)c(F)c(F)c(F)c2F)c2c(F)c(F)c(F)c(F)c2F)c(F)c1F.[CH2+]C. The second kappa shape index (κ2) is 19.3. The summed E-state index contributed by atoms with van der Waals surface area (Å²) in [4.78, 5) is 0. The van der Waals surface area contributed by atoms with Crippen LogP contribution in [0, 0.1) is 130 Å². The van der Waals surface area contributed by atoms with E-state index in [0.29, 0.717) is 5.92 Å². The molecule has 0 unspecified atom stereocenters. The van der Waals surface area contributed by atoms with E-state index in [2.05, 4.69) is 76.2 Å². The Bertz CT molecular complexity index is 2350. The predicted molar refractivity (Wildman–Crippen MR) is 195 cm³/mol. The molecule has 0 saturated heterocycles. The van der Waals surface area contributed by atoms with E-state index in [9.17, 15) is 52.7 Å². The zero-order valence-corrected chi connectivity index (χ0v) is 32.7. The van der Waals surface area contributed by atoms with Crippen molar-refractivity contribution in [3.8, 4) is 0 Å². The first-order chi connectivity index (χ1) is 29.8. The van der Waals surface area contributed by atoms with Crippen LogP contribution in [0.5, 0.6) is 0 Å². The fourth-order valence-corrected chi connectivity index (χ4v) is 6.84. The Hall–Kier alpha value is -6.15. The molecule has 0 heterocycles. The fraction of sp³-hybridized carbons (Fsp3) is 0.140. The molecule has 0 amide bonds. The van der Waals surface area contributed by atoms with Crippen LogP contribution in [0.4, 0.5) is 87.8 Å². The number of aryl methyl sites for hydroxylation is 1. The van der Waals surface area contributed by atoms with Crippen molar-refractivity contribution in [2.45, 2.75) is 40.0 Å². The Morgan fingerprint density at radius 2 is 0.516 bits per heavy atom. The average molecular weight is 932 g/mol. The van der Waals surface area contributed by atoms with Crippen LogP contribution in [-0.2, 0) is 6.42 Å². The average Bonchev–Trinajstić information content (AvgIpc) is 3.28. The van der Waals surface area contributed by atoms with Crippen LogP contribution in [0.25, 0.3) is 0 Å². The van der Waals surface area contributed by atoms with Gasteiger partial charge in [-0.3, -0.25) is 0 Å². The summed E-state index contributed by atoms with van der Waals surface area (Å²) >= 11 is 0. The molecule has 0 aliphatic heterocycles. The molecule has 0 aliphatic carbocycles. The molecule has 0 atom stereocenters. The van der Waals surface area contributed by atoms with Gasteiger partial charge in [0.25, 0.3) is 0 Å². The Morgan fingerprint density at radius 3 is 0.719 bits per heavy atom. The maximum atomic E-state index is 15.4. The third-order valence-electron chi connectivity index (χ3n) is 9.88.